The Hall–Kier alpha value is -2.62. The maximum atomic E-state index is 13.6. The van der Waals surface area contributed by atoms with Gasteiger partial charge in [-0.25, -0.2) is 13.8 Å². The molecule has 4 atom stereocenters. The van der Waals surface area contributed by atoms with Gasteiger partial charge in [-0.1, -0.05) is 0 Å². The van der Waals surface area contributed by atoms with E-state index in [-0.39, 0.29) is 22.9 Å². The number of H-pyrrole nitrogens is 2. The number of alkyl halides is 1. The molecule has 194 valence electrons. The van der Waals surface area contributed by atoms with Crippen molar-refractivity contribution in [2.45, 2.75) is 38.4 Å². The normalized spacial score (nSPS) is 16.9. The number of nitrogens with zero attached hydrogens (tertiary/aromatic N) is 2. The van der Waals surface area contributed by atoms with Crippen molar-refractivity contribution < 1.29 is 43.7 Å². The van der Waals surface area contributed by atoms with E-state index in [4.69, 9.17) is 9.79 Å². The van der Waals surface area contributed by atoms with Crippen LogP contribution in [0.25, 0.3) is 0 Å². The van der Waals surface area contributed by atoms with Gasteiger partial charge in [-0.15, -0.1) is 0 Å². The fourth-order valence-corrected chi connectivity index (χ4v) is 4.06. The van der Waals surface area contributed by atoms with Crippen LogP contribution in [0.3, 0.4) is 0 Å². The summed E-state index contributed by atoms with van der Waals surface area (Å²) in [6, 6.07) is 3.16. The van der Waals surface area contributed by atoms with Crippen LogP contribution in [0, 0.1) is 13.8 Å². The number of hydrogen-bond donors (Lipinski definition) is 8. The molecule has 0 spiro atoms. The van der Waals surface area contributed by atoms with E-state index in [1.54, 1.807) is 26.0 Å². The van der Waals surface area contributed by atoms with Crippen LogP contribution in [0.5, 0.6) is 0 Å². The number of aliphatic hydroxyl groups excluding tert-OH is 4. The van der Waals surface area contributed by atoms with Crippen molar-refractivity contribution >= 4 is 30.7 Å². The Bertz CT molecular complexity index is 1250. The standard InChI is InChI=1S/C19H26FN4O10P/c1-8-3-10-11(4-9(8)2)24(14(27)5-20)15-17(21-19(30)22-18(15)29)23(10)6-12(25)16(28)13(26)7-34-35(31,32)33/h3-4,12-14,16,25-28H,5-7H2,1-2H3,(H2,31,32,33)(H2,21,22,29,30)/t12-,13+,14-,16-/m0/s1. The number of halogens is 1. The summed E-state index contributed by atoms with van der Waals surface area (Å²) in [7, 11) is -4.95. The molecule has 0 amide bonds. The predicted molar refractivity (Wildman–Crippen MR) is 121 cm³/mol. The van der Waals surface area contributed by atoms with Crippen molar-refractivity contribution in [3.63, 3.8) is 0 Å². The van der Waals surface area contributed by atoms with Gasteiger partial charge in [-0.05, 0) is 37.1 Å². The van der Waals surface area contributed by atoms with E-state index in [1.807, 2.05) is 4.98 Å². The van der Waals surface area contributed by atoms with Crippen molar-refractivity contribution in [1.82, 2.24) is 9.97 Å². The molecule has 0 saturated carbocycles. The summed E-state index contributed by atoms with van der Waals surface area (Å²) in [5.41, 5.74) is -0.408. The number of aromatic nitrogens is 2. The summed E-state index contributed by atoms with van der Waals surface area (Å²) >= 11 is 0. The number of phosphoric acid groups is 1. The molecule has 0 saturated heterocycles. The predicted octanol–water partition coefficient (Wildman–Crippen LogP) is -1.25. The Morgan fingerprint density at radius 3 is 2.20 bits per heavy atom. The molecule has 16 heteroatoms. The SMILES string of the molecule is Cc1cc2c(cc1C)N([C@@H](O)CF)c1c([nH]c(=O)[nH]c1=O)N2C[C@H](O)[C@H](O)[C@H](O)COP(=O)(O)O. The summed E-state index contributed by atoms with van der Waals surface area (Å²) in [4.78, 5) is 48.9. The molecule has 1 aromatic heterocycles. The monoisotopic (exact) mass is 520 g/mol. The van der Waals surface area contributed by atoms with Crippen LogP contribution in [-0.2, 0) is 9.09 Å². The Morgan fingerprint density at radius 1 is 1.03 bits per heavy atom. The largest absolute Gasteiger partial charge is 0.469 e. The quantitative estimate of drug-likeness (QED) is 0.182. The molecule has 0 bridgehead atoms. The molecule has 2 aromatic rings. The number of nitrogens with one attached hydrogen (secondary N) is 2. The van der Waals surface area contributed by atoms with Crippen LogP contribution < -0.4 is 21.0 Å². The first kappa shape index (κ1) is 27.0. The van der Waals surface area contributed by atoms with Crippen molar-refractivity contribution in [2.24, 2.45) is 0 Å². The number of aliphatic hydroxyl groups is 4. The van der Waals surface area contributed by atoms with Gasteiger partial charge in [0.05, 0.1) is 24.5 Å². The van der Waals surface area contributed by atoms with E-state index in [9.17, 15) is 39.0 Å². The highest BCUT2D eigenvalue weighted by molar-refractivity contribution is 7.46. The molecule has 35 heavy (non-hydrogen) atoms. The lowest BCUT2D eigenvalue weighted by Gasteiger charge is -2.41. The van der Waals surface area contributed by atoms with Crippen LogP contribution in [0.15, 0.2) is 21.7 Å². The Morgan fingerprint density at radius 2 is 1.63 bits per heavy atom. The second-order valence-corrected chi connectivity index (χ2v) is 9.30. The third-order valence-electron chi connectivity index (χ3n) is 5.56. The molecule has 1 aliphatic heterocycles. The lowest BCUT2D eigenvalue weighted by molar-refractivity contribution is -0.0717. The van der Waals surface area contributed by atoms with Crippen LogP contribution in [0.2, 0.25) is 0 Å². The molecule has 0 unspecified atom stereocenters. The van der Waals surface area contributed by atoms with Crippen LogP contribution >= 0.6 is 7.82 Å². The third kappa shape index (κ3) is 5.63. The zero-order valence-corrected chi connectivity index (χ0v) is 19.5. The number of hydrogen-bond acceptors (Lipinski definition) is 10. The van der Waals surface area contributed by atoms with E-state index < -0.39 is 63.4 Å². The molecule has 8 N–H and O–H groups in total. The second-order valence-electron chi connectivity index (χ2n) is 8.06. The van der Waals surface area contributed by atoms with Gasteiger partial charge in [0.2, 0.25) is 0 Å². The molecular weight excluding hydrogens is 494 g/mol. The number of phosphoric ester groups is 1. The Labute approximate surface area is 197 Å². The van der Waals surface area contributed by atoms with Crippen LogP contribution in [0.4, 0.5) is 27.3 Å². The molecule has 0 radical (unpaired) electrons. The number of anilines is 4. The van der Waals surface area contributed by atoms with Gasteiger partial charge >= 0.3 is 13.5 Å². The molecule has 14 nitrogen and oxygen atoms in total. The van der Waals surface area contributed by atoms with E-state index in [2.05, 4.69) is 9.51 Å². The molecule has 2 heterocycles. The maximum absolute atomic E-state index is 13.6. The molecule has 0 aliphatic carbocycles. The van der Waals surface area contributed by atoms with Crippen LogP contribution in [-0.4, -0.2) is 84.5 Å². The fourth-order valence-electron chi connectivity index (χ4n) is 3.71. The Balaban J connectivity index is 2.09. The fraction of sp³-hybridized carbons (Fsp3) is 0.474. The topological polar surface area (TPSA) is 220 Å². The summed E-state index contributed by atoms with van der Waals surface area (Å²) in [5.74, 6) is -0.228. The van der Waals surface area contributed by atoms with Gasteiger partial charge in [0.15, 0.2) is 11.9 Å². The van der Waals surface area contributed by atoms with Gasteiger partial charge in [-0.3, -0.25) is 19.3 Å². The highest BCUT2D eigenvalue weighted by Crippen LogP contribution is 2.47. The van der Waals surface area contributed by atoms with E-state index >= 15 is 0 Å². The van der Waals surface area contributed by atoms with Gasteiger partial charge in [0, 0.05) is 0 Å². The zero-order chi connectivity index (χ0) is 26.2. The minimum absolute atomic E-state index is 0.162. The minimum atomic E-state index is -4.95. The van der Waals surface area contributed by atoms with Gasteiger partial charge in [0.25, 0.3) is 5.56 Å². The second kappa shape index (κ2) is 10.2. The van der Waals surface area contributed by atoms with E-state index in [1.165, 1.54) is 4.90 Å². The highest BCUT2D eigenvalue weighted by Gasteiger charge is 2.38. The molecule has 3 rings (SSSR count). The highest BCUT2D eigenvalue weighted by atomic mass is 31.2. The number of benzene rings is 1. The summed E-state index contributed by atoms with van der Waals surface area (Å²) in [6.07, 6.45) is -7.48. The van der Waals surface area contributed by atoms with Gasteiger partial charge < -0.3 is 40.0 Å². The minimum Gasteiger partial charge on any atom is -0.388 e. The van der Waals surface area contributed by atoms with E-state index in [0.717, 1.165) is 16.0 Å². The van der Waals surface area contributed by atoms with Crippen LogP contribution in [0.1, 0.15) is 11.1 Å². The Kier molecular flexibility index (Phi) is 7.83. The third-order valence-corrected chi connectivity index (χ3v) is 6.04. The number of aryl methyl sites for hydroxylation is 2. The summed E-state index contributed by atoms with van der Waals surface area (Å²) in [6.45, 7) is 0.671. The zero-order valence-electron chi connectivity index (χ0n) is 18.6. The van der Waals surface area contributed by atoms with Crippen molar-refractivity contribution in [2.75, 3.05) is 29.6 Å². The average molecular weight is 520 g/mol. The van der Waals surface area contributed by atoms with Gasteiger partial charge in [-0.2, -0.15) is 0 Å². The summed E-state index contributed by atoms with van der Waals surface area (Å²) in [5, 5.41) is 41.3. The van der Waals surface area contributed by atoms with Crippen molar-refractivity contribution in [1.29, 1.82) is 0 Å². The van der Waals surface area contributed by atoms with E-state index in [0.29, 0.717) is 0 Å². The average Bonchev–Trinajstić information content (AvgIpc) is 2.77. The summed E-state index contributed by atoms with van der Waals surface area (Å²) < 4.78 is 28.5. The number of β-amino-alcohol motifs (C(OH)–C–C–N with tert-alkyl or cyclic N) is 1. The lowest BCUT2D eigenvalue weighted by atomic mass is 10.0. The first-order valence-electron chi connectivity index (χ1n) is 10.3. The molecular formula is C19H26FN4O10P. The van der Waals surface area contributed by atoms with Crippen molar-refractivity contribution in [3.05, 3.63) is 44.1 Å². The lowest BCUT2D eigenvalue weighted by Crippen LogP contribution is -2.48. The van der Waals surface area contributed by atoms with Gasteiger partial charge in [0.1, 0.15) is 30.8 Å². The number of aromatic amines is 2. The molecule has 1 aliphatic rings. The first-order valence-corrected chi connectivity index (χ1v) is 11.8. The number of fused-ring (bicyclic) bond motifs is 2. The number of rotatable bonds is 9. The molecule has 0 fully saturated rings. The smallest absolute Gasteiger partial charge is 0.388 e. The van der Waals surface area contributed by atoms with Crippen molar-refractivity contribution in [3.8, 4) is 0 Å². The maximum Gasteiger partial charge on any atom is 0.469 e. The first-order chi connectivity index (χ1) is 16.2. The molecule has 1 aromatic carbocycles.